The quantitative estimate of drug-likeness (QED) is 0.646. The number of benzene rings is 2. The Labute approximate surface area is 140 Å². The molecule has 0 saturated heterocycles. The summed E-state index contributed by atoms with van der Waals surface area (Å²) in [5.74, 6) is 0.913. The molecule has 1 nitrogen and oxygen atoms in total. The zero-order valence-corrected chi connectivity index (χ0v) is 14.0. The van der Waals surface area contributed by atoms with Crippen molar-refractivity contribution in [3.05, 3.63) is 64.2 Å². The van der Waals surface area contributed by atoms with E-state index in [4.69, 9.17) is 16.3 Å². The van der Waals surface area contributed by atoms with E-state index >= 15 is 0 Å². The van der Waals surface area contributed by atoms with Crippen LogP contribution in [0.5, 0.6) is 5.75 Å². The fourth-order valence-electron chi connectivity index (χ4n) is 2.27. The lowest BCUT2D eigenvalue weighted by Gasteiger charge is -2.20. The maximum Gasteiger partial charge on any atom is 0.119 e. The Kier molecular flexibility index (Phi) is 6.49. The summed E-state index contributed by atoms with van der Waals surface area (Å²) in [6.45, 7) is 9.34. The van der Waals surface area contributed by atoms with Crippen molar-refractivity contribution in [2.75, 3.05) is 6.61 Å². The minimum absolute atomic E-state index is 0. The van der Waals surface area contributed by atoms with Gasteiger partial charge in [-0.2, -0.15) is 0 Å². The first-order valence-electron chi connectivity index (χ1n) is 7.41. The van der Waals surface area contributed by atoms with E-state index in [9.17, 15) is 0 Å². The minimum Gasteiger partial charge on any atom is -0.494 e. The van der Waals surface area contributed by atoms with Gasteiger partial charge in [0.25, 0.3) is 0 Å². The van der Waals surface area contributed by atoms with Crippen molar-refractivity contribution < 1.29 is 4.74 Å². The SMILES string of the molecule is C.CCOc1ccc(Cc2cc(C(C)(C)C)ccc2Cl)cc1. The molecule has 0 aliphatic carbocycles. The third kappa shape index (κ3) is 4.78. The third-order valence-corrected chi connectivity index (χ3v) is 3.91. The van der Waals surface area contributed by atoms with E-state index in [0.29, 0.717) is 6.61 Å². The van der Waals surface area contributed by atoms with Crippen LogP contribution in [0.2, 0.25) is 5.02 Å². The van der Waals surface area contributed by atoms with Crippen molar-refractivity contribution >= 4 is 11.6 Å². The molecule has 0 unspecified atom stereocenters. The molecule has 0 amide bonds. The van der Waals surface area contributed by atoms with Crippen LogP contribution in [-0.2, 0) is 11.8 Å². The Bertz CT molecular complexity index is 594. The molecule has 0 fully saturated rings. The van der Waals surface area contributed by atoms with Crippen LogP contribution in [-0.4, -0.2) is 6.61 Å². The Morgan fingerprint density at radius 1 is 1.00 bits per heavy atom. The standard InChI is InChI=1S/C19H23ClO.CH4/c1-5-21-17-9-6-14(7-10-17)12-15-13-16(19(2,3)4)8-11-18(15)20;/h6-11,13H,5,12H2,1-4H3;1H4. The fourth-order valence-corrected chi connectivity index (χ4v) is 2.45. The van der Waals surface area contributed by atoms with Crippen molar-refractivity contribution in [1.82, 2.24) is 0 Å². The van der Waals surface area contributed by atoms with Crippen molar-refractivity contribution in [2.24, 2.45) is 0 Å². The summed E-state index contributed by atoms with van der Waals surface area (Å²) < 4.78 is 5.47. The highest BCUT2D eigenvalue weighted by molar-refractivity contribution is 6.31. The minimum atomic E-state index is 0. The summed E-state index contributed by atoms with van der Waals surface area (Å²) in [6.07, 6.45) is 0.842. The zero-order chi connectivity index (χ0) is 15.5. The lowest BCUT2D eigenvalue weighted by Crippen LogP contribution is -2.11. The van der Waals surface area contributed by atoms with Gasteiger partial charge in [-0.05, 0) is 53.6 Å². The molecule has 0 heterocycles. The third-order valence-electron chi connectivity index (χ3n) is 3.54. The van der Waals surface area contributed by atoms with Crippen LogP contribution >= 0.6 is 11.6 Å². The molecule has 120 valence electrons. The molecular weight excluding hydrogens is 292 g/mol. The van der Waals surface area contributed by atoms with Gasteiger partial charge in [0.15, 0.2) is 0 Å². The second kappa shape index (κ2) is 7.69. The van der Waals surface area contributed by atoms with Crippen molar-refractivity contribution in [2.45, 2.75) is 47.0 Å². The molecule has 0 aromatic heterocycles. The molecule has 0 aliphatic rings. The average molecular weight is 319 g/mol. The van der Waals surface area contributed by atoms with Crippen LogP contribution in [0.1, 0.15) is 51.8 Å². The van der Waals surface area contributed by atoms with E-state index in [-0.39, 0.29) is 12.8 Å². The van der Waals surface area contributed by atoms with Crippen LogP contribution in [0, 0.1) is 0 Å². The maximum atomic E-state index is 6.35. The van der Waals surface area contributed by atoms with Crippen LogP contribution < -0.4 is 4.74 Å². The normalized spacial score (nSPS) is 11.0. The second-order valence-corrected chi connectivity index (χ2v) is 6.72. The molecule has 2 aromatic carbocycles. The molecule has 0 radical (unpaired) electrons. The van der Waals surface area contributed by atoms with E-state index in [1.165, 1.54) is 16.7 Å². The second-order valence-electron chi connectivity index (χ2n) is 6.31. The molecule has 2 aromatic rings. The molecule has 0 saturated carbocycles. The van der Waals surface area contributed by atoms with Gasteiger partial charge >= 0.3 is 0 Å². The Morgan fingerprint density at radius 2 is 1.64 bits per heavy atom. The van der Waals surface area contributed by atoms with Gasteiger partial charge in [-0.25, -0.2) is 0 Å². The molecule has 2 rings (SSSR count). The highest BCUT2D eigenvalue weighted by atomic mass is 35.5. The van der Waals surface area contributed by atoms with E-state index in [1.54, 1.807) is 0 Å². The Balaban J connectivity index is 0.00000242. The smallest absolute Gasteiger partial charge is 0.119 e. The van der Waals surface area contributed by atoms with Crippen molar-refractivity contribution in [3.63, 3.8) is 0 Å². The molecule has 0 atom stereocenters. The predicted molar refractivity (Wildman–Crippen MR) is 97.3 cm³/mol. The first-order chi connectivity index (χ1) is 9.90. The Morgan fingerprint density at radius 3 is 2.18 bits per heavy atom. The van der Waals surface area contributed by atoms with Crippen LogP contribution in [0.3, 0.4) is 0 Å². The lowest BCUT2D eigenvalue weighted by molar-refractivity contribution is 0.340. The summed E-state index contributed by atoms with van der Waals surface area (Å²) in [6, 6.07) is 14.6. The first kappa shape index (κ1) is 18.6. The lowest BCUT2D eigenvalue weighted by atomic mass is 9.85. The van der Waals surface area contributed by atoms with Gasteiger partial charge in [0.1, 0.15) is 5.75 Å². The fraction of sp³-hybridized carbons (Fsp3) is 0.400. The summed E-state index contributed by atoms with van der Waals surface area (Å²) in [5.41, 5.74) is 3.87. The van der Waals surface area contributed by atoms with Crippen LogP contribution in [0.15, 0.2) is 42.5 Å². The van der Waals surface area contributed by atoms with Gasteiger partial charge in [-0.3, -0.25) is 0 Å². The van der Waals surface area contributed by atoms with Gasteiger partial charge in [0, 0.05) is 5.02 Å². The molecule has 0 spiro atoms. The summed E-state index contributed by atoms with van der Waals surface area (Å²) >= 11 is 6.35. The molecule has 0 aliphatic heterocycles. The summed E-state index contributed by atoms with van der Waals surface area (Å²) in [7, 11) is 0. The predicted octanol–water partition coefficient (Wildman–Crippen LogP) is 6.26. The van der Waals surface area contributed by atoms with Gasteiger partial charge in [-0.1, -0.05) is 64.1 Å². The first-order valence-corrected chi connectivity index (χ1v) is 7.78. The van der Waals surface area contributed by atoms with Crippen LogP contribution in [0.25, 0.3) is 0 Å². The van der Waals surface area contributed by atoms with Gasteiger partial charge in [0.05, 0.1) is 6.61 Å². The zero-order valence-electron chi connectivity index (χ0n) is 13.2. The summed E-state index contributed by atoms with van der Waals surface area (Å²) in [5, 5.41) is 0.830. The number of rotatable bonds is 4. The van der Waals surface area contributed by atoms with Crippen LogP contribution in [0.4, 0.5) is 0 Å². The number of hydrogen-bond acceptors (Lipinski definition) is 1. The highest BCUT2D eigenvalue weighted by Gasteiger charge is 2.15. The van der Waals surface area contributed by atoms with Gasteiger partial charge in [-0.15, -0.1) is 0 Å². The van der Waals surface area contributed by atoms with Gasteiger partial charge in [0.2, 0.25) is 0 Å². The Hall–Kier alpha value is -1.47. The molecule has 2 heteroatoms. The largest absolute Gasteiger partial charge is 0.494 e. The van der Waals surface area contributed by atoms with Crippen molar-refractivity contribution in [3.8, 4) is 5.75 Å². The van der Waals surface area contributed by atoms with Gasteiger partial charge < -0.3 is 4.74 Å². The summed E-state index contributed by atoms with van der Waals surface area (Å²) in [4.78, 5) is 0. The number of halogens is 1. The topological polar surface area (TPSA) is 9.23 Å². The van der Waals surface area contributed by atoms with Crippen molar-refractivity contribution in [1.29, 1.82) is 0 Å². The van der Waals surface area contributed by atoms with E-state index < -0.39 is 0 Å². The van der Waals surface area contributed by atoms with E-state index in [0.717, 1.165) is 17.2 Å². The van der Waals surface area contributed by atoms with E-state index in [2.05, 4.69) is 45.0 Å². The monoisotopic (exact) mass is 318 g/mol. The number of hydrogen-bond donors (Lipinski definition) is 0. The molecule has 22 heavy (non-hydrogen) atoms. The highest BCUT2D eigenvalue weighted by Crippen LogP contribution is 2.28. The molecule has 0 bridgehead atoms. The van der Waals surface area contributed by atoms with E-state index in [1.807, 2.05) is 25.1 Å². The maximum absolute atomic E-state index is 6.35. The number of ether oxygens (including phenoxy) is 1. The average Bonchev–Trinajstić information content (AvgIpc) is 2.42. The molecular formula is C20H27ClO. The molecule has 0 N–H and O–H groups in total.